The monoisotopic (exact) mass is 286 g/mol. The zero-order valence-electron chi connectivity index (χ0n) is 11.1. The number of hydrogen-bond donors (Lipinski definition) is 3. The van der Waals surface area contributed by atoms with Crippen LogP contribution in [0.3, 0.4) is 0 Å². The van der Waals surface area contributed by atoms with Gasteiger partial charge in [0.2, 0.25) is 0 Å². The molecule has 5 heteroatoms. The SMILES string of the molecule is O=C(O)c1ccccc1CC(C(=O)O)c1cccc(O)c1. The van der Waals surface area contributed by atoms with Crippen LogP contribution in [0.4, 0.5) is 0 Å². The lowest BCUT2D eigenvalue weighted by molar-refractivity contribution is -0.138. The first-order valence-corrected chi connectivity index (χ1v) is 6.32. The van der Waals surface area contributed by atoms with Gasteiger partial charge >= 0.3 is 11.9 Å². The molecule has 0 spiro atoms. The summed E-state index contributed by atoms with van der Waals surface area (Å²) in [5, 5.41) is 28.0. The van der Waals surface area contributed by atoms with Gasteiger partial charge in [-0.05, 0) is 35.7 Å². The standard InChI is InChI=1S/C16H14O5/c17-12-6-3-5-10(8-12)14(16(20)21)9-11-4-1-2-7-13(11)15(18)19/h1-8,14,17H,9H2,(H,18,19)(H,20,21). The highest BCUT2D eigenvalue weighted by Gasteiger charge is 2.23. The minimum absolute atomic E-state index is 0.0229. The number of benzene rings is 2. The van der Waals surface area contributed by atoms with Crippen molar-refractivity contribution in [2.45, 2.75) is 12.3 Å². The first-order valence-electron chi connectivity index (χ1n) is 6.32. The largest absolute Gasteiger partial charge is 0.508 e. The summed E-state index contributed by atoms with van der Waals surface area (Å²) in [6, 6.07) is 12.3. The second-order valence-corrected chi connectivity index (χ2v) is 4.65. The van der Waals surface area contributed by atoms with Crippen molar-refractivity contribution in [3.63, 3.8) is 0 Å². The Morgan fingerprint density at radius 3 is 2.33 bits per heavy atom. The molecule has 2 aromatic rings. The van der Waals surface area contributed by atoms with Crippen molar-refractivity contribution in [3.05, 3.63) is 65.2 Å². The van der Waals surface area contributed by atoms with Gasteiger partial charge in [0.15, 0.2) is 0 Å². The third-order valence-corrected chi connectivity index (χ3v) is 3.24. The number of carboxylic acid groups (broad SMARTS) is 2. The lowest BCUT2D eigenvalue weighted by Gasteiger charge is -2.14. The van der Waals surface area contributed by atoms with Crippen LogP contribution in [0.5, 0.6) is 5.75 Å². The van der Waals surface area contributed by atoms with Gasteiger partial charge in [-0.1, -0.05) is 30.3 Å². The normalized spacial score (nSPS) is 11.8. The van der Waals surface area contributed by atoms with Crippen LogP contribution in [0, 0.1) is 0 Å². The highest BCUT2D eigenvalue weighted by Crippen LogP contribution is 2.25. The highest BCUT2D eigenvalue weighted by atomic mass is 16.4. The Balaban J connectivity index is 2.38. The zero-order chi connectivity index (χ0) is 15.4. The molecule has 0 aliphatic carbocycles. The third kappa shape index (κ3) is 3.39. The topological polar surface area (TPSA) is 94.8 Å². The number of phenolic OH excluding ortho intramolecular Hbond substituents is 1. The van der Waals surface area contributed by atoms with Crippen molar-refractivity contribution in [1.29, 1.82) is 0 Å². The quantitative estimate of drug-likeness (QED) is 0.785. The Morgan fingerprint density at radius 1 is 1.00 bits per heavy atom. The summed E-state index contributed by atoms with van der Waals surface area (Å²) in [5.41, 5.74) is 0.965. The molecule has 0 bridgehead atoms. The van der Waals surface area contributed by atoms with Crippen molar-refractivity contribution in [2.24, 2.45) is 0 Å². The van der Waals surface area contributed by atoms with Crippen LogP contribution < -0.4 is 0 Å². The van der Waals surface area contributed by atoms with Gasteiger partial charge in [-0.3, -0.25) is 4.79 Å². The van der Waals surface area contributed by atoms with Crippen LogP contribution in [-0.2, 0) is 11.2 Å². The van der Waals surface area contributed by atoms with E-state index in [-0.39, 0.29) is 17.7 Å². The molecule has 0 radical (unpaired) electrons. The van der Waals surface area contributed by atoms with Gasteiger partial charge in [0, 0.05) is 0 Å². The van der Waals surface area contributed by atoms with Crippen LogP contribution >= 0.6 is 0 Å². The van der Waals surface area contributed by atoms with Crippen LogP contribution in [0.1, 0.15) is 27.4 Å². The lowest BCUT2D eigenvalue weighted by Crippen LogP contribution is -2.16. The van der Waals surface area contributed by atoms with E-state index in [1.54, 1.807) is 30.3 Å². The third-order valence-electron chi connectivity index (χ3n) is 3.24. The van der Waals surface area contributed by atoms with E-state index in [4.69, 9.17) is 5.11 Å². The molecule has 3 N–H and O–H groups in total. The number of carbonyl (C=O) groups is 2. The average Bonchev–Trinajstić information content (AvgIpc) is 2.44. The highest BCUT2D eigenvalue weighted by molar-refractivity contribution is 5.89. The Labute approximate surface area is 121 Å². The van der Waals surface area contributed by atoms with Crippen molar-refractivity contribution >= 4 is 11.9 Å². The first-order chi connectivity index (χ1) is 9.99. The summed E-state index contributed by atoms with van der Waals surface area (Å²) in [6.07, 6.45) is 0.0429. The molecule has 2 aromatic carbocycles. The molecule has 0 aromatic heterocycles. The van der Waals surface area contributed by atoms with Gasteiger partial charge in [0.05, 0.1) is 11.5 Å². The molecule has 0 aliphatic heterocycles. The number of aromatic hydroxyl groups is 1. The Morgan fingerprint density at radius 2 is 1.71 bits per heavy atom. The average molecular weight is 286 g/mol. The maximum Gasteiger partial charge on any atom is 0.335 e. The molecule has 5 nitrogen and oxygen atoms in total. The fourth-order valence-electron chi connectivity index (χ4n) is 2.22. The molecule has 2 rings (SSSR count). The molecule has 0 aliphatic rings. The molecule has 0 saturated carbocycles. The van der Waals surface area contributed by atoms with Gasteiger partial charge < -0.3 is 15.3 Å². The summed E-state index contributed by atoms with van der Waals surface area (Å²) in [4.78, 5) is 22.6. The van der Waals surface area contributed by atoms with E-state index in [1.807, 2.05) is 0 Å². The molecule has 0 saturated heterocycles. The number of rotatable bonds is 5. The van der Waals surface area contributed by atoms with E-state index in [0.717, 1.165) is 0 Å². The van der Waals surface area contributed by atoms with E-state index in [9.17, 15) is 19.8 Å². The Bertz CT molecular complexity index is 678. The summed E-state index contributed by atoms with van der Waals surface area (Å²) >= 11 is 0. The second kappa shape index (κ2) is 6.09. The maximum absolute atomic E-state index is 11.5. The van der Waals surface area contributed by atoms with E-state index >= 15 is 0 Å². The van der Waals surface area contributed by atoms with Gasteiger partial charge in [0.1, 0.15) is 5.75 Å². The summed E-state index contributed by atoms with van der Waals surface area (Å²) in [5.74, 6) is -3.10. The molecule has 0 fully saturated rings. The summed E-state index contributed by atoms with van der Waals surface area (Å²) < 4.78 is 0. The predicted molar refractivity (Wildman–Crippen MR) is 75.6 cm³/mol. The molecule has 0 heterocycles. The molecular weight excluding hydrogens is 272 g/mol. The van der Waals surface area contributed by atoms with E-state index in [1.165, 1.54) is 18.2 Å². The predicted octanol–water partition coefficient (Wildman–Crippen LogP) is 2.50. The molecule has 21 heavy (non-hydrogen) atoms. The number of carboxylic acids is 2. The van der Waals surface area contributed by atoms with Crippen molar-refractivity contribution in [1.82, 2.24) is 0 Å². The van der Waals surface area contributed by atoms with Crippen LogP contribution in [-0.4, -0.2) is 27.3 Å². The fraction of sp³-hybridized carbons (Fsp3) is 0.125. The minimum atomic E-state index is -1.09. The molecule has 1 atom stereocenters. The molecule has 1 unspecified atom stereocenters. The van der Waals surface area contributed by atoms with Gasteiger partial charge in [-0.15, -0.1) is 0 Å². The second-order valence-electron chi connectivity index (χ2n) is 4.65. The van der Waals surface area contributed by atoms with E-state index in [2.05, 4.69) is 0 Å². The van der Waals surface area contributed by atoms with E-state index < -0.39 is 17.9 Å². The fourth-order valence-corrected chi connectivity index (χ4v) is 2.22. The number of aliphatic carboxylic acids is 1. The van der Waals surface area contributed by atoms with Crippen LogP contribution in [0.15, 0.2) is 48.5 Å². The lowest BCUT2D eigenvalue weighted by atomic mass is 9.90. The number of phenols is 1. The van der Waals surface area contributed by atoms with Crippen molar-refractivity contribution in [3.8, 4) is 5.75 Å². The van der Waals surface area contributed by atoms with Crippen LogP contribution in [0.2, 0.25) is 0 Å². The smallest absolute Gasteiger partial charge is 0.335 e. The van der Waals surface area contributed by atoms with Gasteiger partial charge in [0.25, 0.3) is 0 Å². The van der Waals surface area contributed by atoms with Gasteiger partial charge in [-0.2, -0.15) is 0 Å². The minimum Gasteiger partial charge on any atom is -0.508 e. The summed E-state index contributed by atoms with van der Waals surface area (Å²) in [6.45, 7) is 0. The van der Waals surface area contributed by atoms with E-state index in [0.29, 0.717) is 11.1 Å². The van der Waals surface area contributed by atoms with Crippen LogP contribution in [0.25, 0.3) is 0 Å². The number of hydrogen-bond acceptors (Lipinski definition) is 3. The van der Waals surface area contributed by atoms with Crippen molar-refractivity contribution < 1.29 is 24.9 Å². The van der Waals surface area contributed by atoms with Gasteiger partial charge in [-0.25, -0.2) is 4.79 Å². The zero-order valence-corrected chi connectivity index (χ0v) is 11.1. The van der Waals surface area contributed by atoms with Crippen molar-refractivity contribution in [2.75, 3.05) is 0 Å². The summed E-state index contributed by atoms with van der Waals surface area (Å²) in [7, 11) is 0. The molecular formula is C16H14O5. The number of aromatic carboxylic acids is 1. The Hall–Kier alpha value is -2.82. The Kier molecular flexibility index (Phi) is 4.23. The molecule has 108 valence electrons. The first kappa shape index (κ1) is 14.6. The molecule has 0 amide bonds. The maximum atomic E-state index is 11.5.